The topological polar surface area (TPSA) is 88.1 Å². The number of aromatic nitrogens is 1. The second-order valence-electron chi connectivity index (χ2n) is 7.54. The molecule has 2 N–H and O–H groups in total. The largest absolute Gasteiger partial charge is 0.475 e. The second-order valence-corrected chi connectivity index (χ2v) is 7.54. The first-order chi connectivity index (χ1) is 14.0. The fraction of sp³-hybridized carbons (Fsp3) is 0.667. The Balaban J connectivity index is 0.00000450. The van der Waals surface area contributed by atoms with Crippen molar-refractivity contribution in [1.29, 1.82) is 0 Å². The van der Waals surface area contributed by atoms with Gasteiger partial charge in [0, 0.05) is 46.1 Å². The molecule has 0 radical (unpaired) electrons. The molecule has 1 aliphatic rings. The van der Waals surface area contributed by atoms with E-state index in [-0.39, 0.29) is 35.3 Å². The predicted octanol–water partition coefficient (Wildman–Crippen LogP) is 2.43. The SMILES string of the molecule is CCNC(=NCc1cccnc1OCCOC)NCC1(C(=O)N(C)C)CCCC1.I. The quantitative estimate of drug-likeness (QED) is 0.208. The highest BCUT2D eigenvalue weighted by Crippen LogP contribution is 2.38. The van der Waals surface area contributed by atoms with E-state index >= 15 is 0 Å². The van der Waals surface area contributed by atoms with E-state index in [0.29, 0.717) is 38.1 Å². The van der Waals surface area contributed by atoms with Gasteiger partial charge in [0.2, 0.25) is 11.8 Å². The minimum atomic E-state index is -0.345. The summed E-state index contributed by atoms with van der Waals surface area (Å²) in [5.74, 6) is 1.45. The number of carbonyl (C=O) groups excluding carboxylic acids is 1. The van der Waals surface area contributed by atoms with Crippen molar-refractivity contribution < 1.29 is 14.3 Å². The van der Waals surface area contributed by atoms with Gasteiger partial charge in [0.05, 0.1) is 18.6 Å². The molecule has 8 nitrogen and oxygen atoms in total. The van der Waals surface area contributed by atoms with Crippen molar-refractivity contribution in [3.63, 3.8) is 0 Å². The first kappa shape index (κ1) is 26.4. The molecule has 170 valence electrons. The summed E-state index contributed by atoms with van der Waals surface area (Å²) in [6.07, 6.45) is 5.71. The lowest BCUT2D eigenvalue weighted by molar-refractivity contribution is -0.138. The summed E-state index contributed by atoms with van der Waals surface area (Å²) >= 11 is 0. The summed E-state index contributed by atoms with van der Waals surface area (Å²) in [6, 6.07) is 3.83. The van der Waals surface area contributed by atoms with E-state index in [0.717, 1.165) is 37.8 Å². The van der Waals surface area contributed by atoms with Crippen LogP contribution in [0.1, 0.15) is 38.2 Å². The minimum absolute atomic E-state index is 0. The van der Waals surface area contributed by atoms with Crippen molar-refractivity contribution >= 4 is 35.8 Å². The number of pyridine rings is 1. The van der Waals surface area contributed by atoms with Crippen LogP contribution >= 0.6 is 24.0 Å². The summed E-state index contributed by atoms with van der Waals surface area (Å²) in [5, 5.41) is 6.66. The van der Waals surface area contributed by atoms with Crippen molar-refractivity contribution in [2.24, 2.45) is 10.4 Å². The van der Waals surface area contributed by atoms with E-state index in [2.05, 4.69) is 20.6 Å². The summed E-state index contributed by atoms with van der Waals surface area (Å²) in [6.45, 7) is 4.73. The van der Waals surface area contributed by atoms with Crippen LogP contribution in [0.4, 0.5) is 0 Å². The molecule has 0 aliphatic heterocycles. The number of hydrogen-bond acceptors (Lipinski definition) is 5. The van der Waals surface area contributed by atoms with Crippen LogP contribution in [0.15, 0.2) is 23.3 Å². The fourth-order valence-electron chi connectivity index (χ4n) is 3.65. The Morgan fingerprint density at radius 1 is 1.27 bits per heavy atom. The number of carbonyl (C=O) groups is 1. The van der Waals surface area contributed by atoms with Gasteiger partial charge >= 0.3 is 0 Å². The smallest absolute Gasteiger partial charge is 0.230 e. The first-order valence-electron chi connectivity index (χ1n) is 10.3. The van der Waals surface area contributed by atoms with Crippen LogP contribution in [0, 0.1) is 5.41 Å². The highest BCUT2D eigenvalue weighted by molar-refractivity contribution is 14.0. The van der Waals surface area contributed by atoms with Gasteiger partial charge in [-0.2, -0.15) is 0 Å². The van der Waals surface area contributed by atoms with Crippen LogP contribution in [-0.2, 0) is 16.1 Å². The average molecular weight is 533 g/mol. The normalized spacial score (nSPS) is 15.3. The predicted molar refractivity (Wildman–Crippen MR) is 129 cm³/mol. The van der Waals surface area contributed by atoms with E-state index in [1.165, 1.54) is 0 Å². The van der Waals surface area contributed by atoms with Gasteiger partial charge < -0.3 is 25.0 Å². The molecular weight excluding hydrogens is 497 g/mol. The maximum atomic E-state index is 12.8. The molecule has 1 heterocycles. The maximum Gasteiger partial charge on any atom is 0.230 e. The summed E-state index contributed by atoms with van der Waals surface area (Å²) in [7, 11) is 5.30. The zero-order valence-electron chi connectivity index (χ0n) is 18.6. The summed E-state index contributed by atoms with van der Waals surface area (Å²) < 4.78 is 10.7. The molecule has 1 aromatic rings. The van der Waals surface area contributed by atoms with Crippen LogP contribution in [0.5, 0.6) is 5.88 Å². The van der Waals surface area contributed by atoms with Gasteiger partial charge in [-0.3, -0.25) is 4.79 Å². The van der Waals surface area contributed by atoms with Gasteiger partial charge in [-0.1, -0.05) is 18.9 Å². The molecule has 0 bridgehead atoms. The van der Waals surface area contributed by atoms with Gasteiger partial charge in [0.15, 0.2) is 5.96 Å². The number of methoxy groups -OCH3 is 1. The molecule has 2 rings (SSSR count). The Bertz CT molecular complexity index is 678. The Morgan fingerprint density at radius 3 is 2.63 bits per heavy atom. The molecule has 1 fully saturated rings. The molecule has 1 saturated carbocycles. The standard InChI is InChI=1S/C21H35N5O3.HI/c1-5-22-20(25-16-21(10-6-7-11-21)19(27)26(2)3)24-15-17-9-8-12-23-18(17)29-14-13-28-4;/h8-9,12H,5-7,10-11,13-16H2,1-4H3,(H2,22,24,25);1H. The number of hydrogen-bond donors (Lipinski definition) is 2. The van der Waals surface area contributed by atoms with Crippen LogP contribution in [-0.4, -0.2) is 69.3 Å². The summed E-state index contributed by atoms with van der Waals surface area (Å²) in [4.78, 5) is 23.5. The monoisotopic (exact) mass is 533 g/mol. The number of amides is 1. The third kappa shape index (κ3) is 7.57. The molecule has 0 aromatic carbocycles. The van der Waals surface area contributed by atoms with Crippen LogP contribution in [0.3, 0.4) is 0 Å². The second kappa shape index (κ2) is 13.6. The third-order valence-electron chi connectivity index (χ3n) is 5.14. The molecule has 9 heteroatoms. The Hall–Kier alpha value is -1.62. The van der Waals surface area contributed by atoms with Gasteiger partial charge in [-0.05, 0) is 25.8 Å². The molecule has 1 aliphatic carbocycles. The molecule has 1 aromatic heterocycles. The van der Waals surface area contributed by atoms with Crippen LogP contribution in [0.2, 0.25) is 0 Å². The lowest BCUT2D eigenvalue weighted by Gasteiger charge is -2.31. The lowest BCUT2D eigenvalue weighted by atomic mass is 9.84. The highest BCUT2D eigenvalue weighted by Gasteiger charge is 2.42. The van der Waals surface area contributed by atoms with Crippen molar-refractivity contribution in [1.82, 2.24) is 20.5 Å². The van der Waals surface area contributed by atoms with Crippen molar-refractivity contribution in [3.8, 4) is 5.88 Å². The van der Waals surface area contributed by atoms with E-state index in [9.17, 15) is 4.79 Å². The number of halogens is 1. The van der Waals surface area contributed by atoms with Crippen molar-refractivity contribution in [2.75, 3.05) is 47.5 Å². The number of aliphatic imine (C=N–C) groups is 1. The Kier molecular flexibility index (Phi) is 12.0. The van der Waals surface area contributed by atoms with Gasteiger partial charge in [0.1, 0.15) is 6.61 Å². The maximum absolute atomic E-state index is 12.8. The Morgan fingerprint density at radius 2 is 2.00 bits per heavy atom. The molecule has 30 heavy (non-hydrogen) atoms. The highest BCUT2D eigenvalue weighted by atomic mass is 127. The zero-order valence-corrected chi connectivity index (χ0v) is 20.9. The van der Waals surface area contributed by atoms with E-state index in [1.807, 2.05) is 33.2 Å². The average Bonchev–Trinajstić information content (AvgIpc) is 3.20. The molecule has 0 atom stereocenters. The first-order valence-corrected chi connectivity index (χ1v) is 10.3. The van der Waals surface area contributed by atoms with Crippen molar-refractivity contribution in [2.45, 2.75) is 39.2 Å². The number of nitrogens with zero attached hydrogens (tertiary/aromatic N) is 3. The number of guanidine groups is 1. The van der Waals surface area contributed by atoms with E-state index in [4.69, 9.17) is 9.47 Å². The van der Waals surface area contributed by atoms with Crippen LogP contribution in [0.25, 0.3) is 0 Å². The summed E-state index contributed by atoms with van der Waals surface area (Å²) in [5.41, 5.74) is 0.559. The van der Waals surface area contributed by atoms with E-state index < -0.39 is 0 Å². The van der Waals surface area contributed by atoms with Crippen molar-refractivity contribution in [3.05, 3.63) is 23.9 Å². The molecule has 0 saturated heterocycles. The minimum Gasteiger partial charge on any atom is -0.475 e. The third-order valence-corrected chi connectivity index (χ3v) is 5.14. The van der Waals surface area contributed by atoms with Gasteiger partial charge in [-0.25, -0.2) is 9.98 Å². The molecule has 1 amide bonds. The number of rotatable bonds is 10. The van der Waals surface area contributed by atoms with Gasteiger partial charge in [0.25, 0.3) is 0 Å². The fourth-order valence-corrected chi connectivity index (χ4v) is 3.65. The molecular formula is C21H36IN5O3. The van der Waals surface area contributed by atoms with E-state index in [1.54, 1.807) is 18.2 Å². The lowest BCUT2D eigenvalue weighted by Crippen LogP contribution is -2.49. The zero-order chi connectivity index (χ0) is 21.1. The molecule has 0 unspecified atom stereocenters. The Labute approximate surface area is 197 Å². The molecule has 0 spiro atoms. The number of ether oxygens (including phenoxy) is 2. The van der Waals surface area contributed by atoms with Gasteiger partial charge in [-0.15, -0.1) is 24.0 Å². The number of nitrogens with one attached hydrogen (secondary N) is 2. The van der Waals surface area contributed by atoms with Crippen LogP contribution < -0.4 is 15.4 Å².